The first-order chi connectivity index (χ1) is 31.3. The first-order valence-corrected chi connectivity index (χ1v) is 27.3. The van der Waals surface area contributed by atoms with Crippen LogP contribution in [0, 0.1) is 17.8 Å². The third kappa shape index (κ3) is 34.1. The predicted octanol–water partition coefficient (Wildman–Crippen LogP) is 11.0. The number of Topliss-reactive ketones (excluding diaryl/α,β-unsaturated/α-hetero) is 1. The molecule has 0 amide bonds. The summed E-state index contributed by atoms with van der Waals surface area (Å²) < 4.78 is 32.8. The Labute approximate surface area is 393 Å². The maximum atomic E-state index is 12.7. The van der Waals surface area contributed by atoms with Gasteiger partial charge in [-0.25, -0.2) is 4.57 Å². The van der Waals surface area contributed by atoms with Crippen molar-refractivity contribution >= 4 is 25.5 Å². The highest BCUT2D eigenvalue weighted by Gasteiger charge is 2.39. The fraction of sp³-hybridized carbons (Fsp3) is 0.863. The first-order valence-electron chi connectivity index (χ1n) is 25.8. The number of phosphoric acid groups is 1. The van der Waals surface area contributed by atoms with Gasteiger partial charge in [-0.2, -0.15) is 0 Å². The molecule has 380 valence electrons. The van der Waals surface area contributed by atoms with Gasteiger partial charge in [0.05, 0.1) is 32.0 Å². The van der Waals surface area contributed by atoms with E-state index in [2.05, 4.69) is 20.8 Å². The summed E-state index contributed by atoms with van der Waals surface area (Å²) in [6, 6.07) is 0. The number of hydrogen-bond donors (Lipinski definition) is 5. The number of carbonyl (C=O) groups is 3. The quantitative estimate of drug-likeness (QED) is 0.0167. The van der Waals surface area contributed by atoms with Crippen LogP contribution in [0.5, 0.6) is 0 Å². The summed E-state index contributed by atoms with van der Waals surface area (Å²) in [6.07, 6.45) is 33.6. The number of ether oxygens (including phenoxy) is 2. The van der Waals surface area contributed by atoms with Crippen molar-refractivity contribution in [2.75, 3.05) is 26.4 Å². The molecule has 0 aromatic carbocycles. The molecular weight excluding hydrogens is 852 g/mol. The SMILES string of the molecule is CCCCC[C@H](O)/C=C/[C@H]1C(=O)C[C@H](O)[C@@H]1C/C=C\CCCC(=O)OC[C@H](COP(=O)(O)OC[C@@H](O)CO)OC(=O)CCCCCCCCCCCCCCCCCCCCC(C)CC. The minimum absolute atomic E-state index is 0.0409. The molecule has 1 aliphatic rings. The molecule has 0 aliphatic heterocycles. The summed E-state index contributed by atoms with van der Waals surface area (Å²) in [4.78, 5) is 47.9. The lowest BCUT2D eigenvalue weighted by molar-refractivity contribution is -0.161. The van der Waals surface area contributed by atoms with Gasteiger partial charge in [0.1, 0.15) is 18.5 Å². The molecule has 0 saturated heterocycles. The van der Waals surface area contributed by atoms with Crippen LogP contribution in [-0.4, -0.2) is 93.9 Å². The largest absolute Gasteiger partial charge is 0.472 e. The van der Waals surface area contributed by atoms with Gasteiger partial charge in [-0.05, 0) is 38.0 Å². The molecule has 0 radical (unpaired) electrons. The molecule has 0 bridgehead atoms. The average Bonchev–Trinajstić information content (AvgIpc) is 3.56. The molecule has 2 unspecified atom stereocenters. The van der Waals surface area contributed by atoms with Crippen molar-refractivity contribution in [1.29, 1.82) is 0 Å². The molecule has 0 aromatic heterocycles. The molecule has 14 heteroatoms. The average molecular weight is 945 g/mol. The van der Waals surface area contributed by atoms with Crippen molar-refractivity contribution in [3.8, 4) is 0 Å². The first kappa shape index (κ1) is 61.1. The van der Waals surface area contributed by atoms with Gasteiger partial charge in [-0.1, -0.05) is 186 Å². The van der Waals surface area contributed by atoms with Crippen LogP contribution in [0.3, 0.4) is 0 Å². The Hall–Kier alpha value is -1.96. The van der Waals surface area contributed by atoms with Gasteiger partial charge in [0, 0.05) is 31.1 Å². The van der Waals surface area contributed by atoms with Crippen molar-refractivity contribution < 1.29 is 62.8 Å². The zero-order chi connectivity index (χ0) is 48.0. The van der Waals surface area contributed by atoms with E-state index < -0.39 is 76.5 Å². The molecule has 1 saturated carbocycles. The van der Waals surface area contributed by atoms with Gasteiger partial charge in [-0.15, -0.1) is 0 Å². The van der Waals surface area contributed by atoms with Gasteiger partial charge in [-0.3, -0.25) is 23.4 Å². The van der Waals surface area contributed by atoms with Crippen molar-refractivity contribution in [3.63, 3.8) is 0 Å². The van der Waals surface area contributed by atoms with Crippen LogP contribution in [0.4, 0.5) is 0 Å². The summed E-state index contributed by atoms with van der Waals surface area (Å²) in [5, 5.41) is 39.2. The van der Waals surface area contributed by atoms with Crippen molar-refractivity contribution in [3.05, 3.63) is 24.3 Å². The van der Waals surface area contributed by atoms with E-state index in [1.165, 1.54) is 103 Å². The van der Waals surface area contributed by atoms with Crippen LogP contribution in [-0.2, 0) is 37.5 Å². The Morgan fingerprint density at radius 3 is 1.83 bits per heavy atom. The maximum Gasteiger partial charge on any atom is 0.472 e. The Balaban J connectivity index is 2.34. The van der Waals surface area contributed by atoms with Gasteiger partial charge < -0.3 is 34.8 Å². The van der Waals surface area contributed by atoms with Crippen molar-refractivity contribution in [2.45, 2.75) is 238 Å². The molecule has 1 aliphatic carbocycles. The van der Waals surface area contributed by atoms with Crippen LogP contribution in [0.2, 0.25) is 0 Å². The molecule has 1 fully saturated rings. The Morgan fingerprint density at radius 2 is 1.26 bits per heavy atom. The zero-order valence-electron chi connectivity index (χ0n) is 40.8. The molecule has 8 atom stereocenters. The lowest BCUT2D eigenvalue weighted by atomic mass is 9.90. The minimum atomic E-state index is -4.69. The zero-order valence-corrected chi connectivity index (χ0v) is 41.7. The van der Waals surface area contributed by atoms with E-state index in [1.54, 1.807) is 12.2 Å². The Morgan fingerprint density at radius 1 is 0.723 bits per heavy atom. The minimum Gasteiger partial charge on any atom is -0.462 e. The van der Waals surface area contributed by atoms with Gasteiger partial charge in [0.2, 0.25) is 0 Å². The predicted molar refractivity (Wildman–Crippen MR) is 257 cm³/mol. The van der Waals surface area contributed by atoms with Gasteiger partial charge in [0.25, 0.3) is 0 Å². The molecule has 65 heavy (non-hydrogen) atoms. The van der Waals surface area contributed by atoms with E-state index >= 15 is 0 Å². The number of phosphoric ester groups is 1. The Bertz CT molecular complexity index is 1310. The molecule has 0 spiro atoms. The number of unbranched alkanes of at least 4 members (excludes halogenated alkanes) is 20. The van der Waals surface area contributed by atoms with E-state index in [0.717, 1.165) is 44.4 Å². The van der Waals surface area contributed by atoms with E-state index in [0.29, 0.717) is 32.1 Å². The normalized spacial score (nSPS) is 19.4. The number of allylic oxidation sites excluding steroid dienone is 3. The lowest BCUT2D eigenvalue weighted by Crippen LogP contribution is -2.29. The molecule has 5 N–H and O–H groups in total. The van der Waals surface area contributed by atoms with Gasteiger partial charge >= 0.3 is 19.8 Å². The summed E-state index contributed by atoms with van der Waals surface area (Å²) in [7, 11) is -4.69. The molecule has 13 nitrogen and oxygen atoms in total. The number of rotatable bonds is 44. The Kier molecular flexibility index (Phi) is 37.6. The van der Waals surface area contributed by atoms with Gasteiger partial charge in [0.15, 0.2) is 6.10 Å². The van der Waals surface area contributed by atoms with E-state index in [9.17, 15) is 39.2 Å². The summed E-state index contributed by atoms with van der Waals surface area (Å²) >= 11 is 0. The third-order valence-corrected chi connectivity index (χ3v) is 13.5. The fourth-order valence-corrected chi connectivity index (χ4v) is 8.86. The summed E-state index contributed by atoms with van der Waals surface area (Å²) in [5.74, 6) is -1.01. The number of aliphatic hydroxyl groups excluding tert-OH is 4. The number of carbonyl (C=O) groups excluding carboxylic acids is 3. The van der Waals surface area contributed by atoms with Crippen LogP contribution >= 0.6 is 7.82 Å². The van der Waals surface area contributed by atoms with Crippen molar-refractivity contribution in [1.82, 2.24) is 0 Å². The lowest BCUT2D eigenvalue weighted by Gasteiger charge is -2.20. The van der Waals surface area contributed by atoms with Crippen LogP contribution in [0.25, 0.3) is 0 Å². The summed E-state index contributed by atoms with van der Waals surface area (Å²) in [6.45, 7) is 4.39. The molecule has 1 rings (SSSR count). The second-order valence-corrected chi connectivity index (χ2v) is 20.0. The van der Waals surface area contributed by atoms with Crippen LogP contribution < -0.4 is 0 Å². The second kappa shape index (κ2) is 40.0. The van der Waals surface area contributed by atoms with Crippen LogP contribution in [0.15, 0.2) is 24.3 Å². The van der Waals surface area contributed by atoms with E-state index in [1.807, 2.05) is 12.2 Å². The van der Waals surface area contributed by atoms with E-state index in [4.69, 9.17) is 23.6 Å². The van der Waals surface area contributed by atoms with Crippen LogP contribution in [0.1, 0.15) is 213 Å². The number of ketones is 1. The highest BCUT2D eigenvalue weighted by Crippen LogP contribution is 2.43. The smallest absolute Gasteiger partial charge is 0.462 e. The molecule has 0 aromatic rings. The summed E-state index contributed by atoms with van der Waals surface area (Å²) in [5.41, 5.74) is 0. The van der Waals surface area contributed by atoms with E-state index in [-0.39, 0.29) is 31.0 Å². The van der Waals surface area contributed by atoms with Crippen molar-refractivity contribution in [2.24, 2.45) is 17.8 Å². The second-order valence-electron chi connectivity index (χ2n) is 18.6. The number of aliphatic hydroxyl groups is 4. The topological polar surface area (TPSA) is 206 Å². The third-order valence-electron chi connectivity index (χ3n) is 12.5. The molecular formula is C51H93O13P. The standard InChI is InChI=1S/C51H93O13P/c1-4-6-25-31-43(53)35-36-47-46(48(55)37-49(47)56)32-27-23-24-28-33-50(57)61-40-45(41-63-65(59,60)62-39-44(54)38-52)64-51(58)34-29-22-20-18-16-14-12-10-8-7-9-11-13-15-17-19-21-26-30-42(3)5-2/h23,27,35-36,42-48,52-55H,4-22,24-26,28-34,37-41H2,1-3H3,(H,59,60)/b27-23-,36-35+/t42?,43-,44-,45+,46+,47+,48-/m0/s1. The monoisotopic (exact) mass is 945 g/mol. The number of hydrogen-bond acceptors (Lipinski definition) is 12. The highest BCUT2D eigenvalue weighted by molar-refractivity contribution is 7.47. The highest BCUT2D eigenvalue weighted by atomic mass is 31.2. The molecule has 0 heterocycles. The maximum absolute atomic E-state index is 12.7. The number of esters is 2. The fourth-order valence-electron chi connectivity index (χ4n) is 8.07.